The second kappa shape index (κ2) is 9.79. The lowest BCUT2D eigenvalue weighted by molar-refractivity contribution is -0.105. The Kier molecular flexibility index (Phi) is 6.67. The number of amides is 1. The van der Waals surface area contributed by atoms with Crippen molar-refractivity contribution in [2.45, 2.75) is 51.0 Å². The van der Waals surface area contributed by atoms with Crippen molar-refractivity contribution in [2.75, 3.05) is 25.2 Å². The van der Waals surface area contributed by atoms with Crippen molar-refractivity contribution in [3.05, 3.63) is 53.6 Å². The molecule has 29 heavy (non-hydrogen) atoms. The second-order valence-corrected chi connectivity index (χ2v) is 8.00. The van der Waals surface area contributed by atoms with Crippen molar-refractivity contribution in [2.24, 2.45) is 0 Å². The van der Waals surface area contributed by atoms with E-state index in [1.54, 1.807) is 0 Å². The van der Waals surface area contributed by atoms with E-state index in [0.29, 0.717) is 13.2 Å². The molecule has 0 aromatic heterocycles. The minimum Gasteiger partial charge on any atom is -0.454 e. The van der Waals surface area contributed by atoms with Crippen molar-refractivity contribution >= 4 is 12.1 Å². The van der Waals surface area contributed by atoms with Crippen LogP contribution in [0.1, 0.15) is 55.6 Å². The van der Waals surface area contributed by atoms with E-state index in [-0.39, 0.29) is 0 Å². The monoisotopic (exact) mass is 394 g/mol. The molecule has 0 unspecified atom stereocenters. The Morgan fingerprint density at radius 1 is 0.966 bits per heavy atom. The van der Waals surface area contributed by atoms with E-state index in [9.17, 15) is 4.79 Å². The number of para-hydroxylation sites is 1. The van der Waals surface area contributed by atoms with Gasteiger partial charge in [-0.25, -0.2) is 0 Å². The largest absolute Gasteiger partial charge is 0.454 e. The molecule has 2 aliphatic heterocycles. The molecule has 0 bridgehead atoms. The number of nitrogens with one attached hydrogen (secondary N) is 1. The van der Waals surface area contributed by atoms with Crippen LogP contribution in [0.15, 0.2) is 42.5 Å². The summed E-state index contributed by atoms with van der Waals surface area (Å²) in [6.45, 7) is 3.79. The Hall–Kier alpha value is -2.53. The molecule has 5 heteroatoms. The molecular weight excluding hydrogens is 364 g/mol. The lowest BCUT2D eigenvalue weighted by atomic mass is 10.1. The van der Waals surface area contributed by atoms with Crippen LogP contribution < -0.4 is 14.8 Å². The van der Waals surface area contributed by atoms with Crippen LogP contribution in [0.5, 0.6) is 11.5 Å². The van der Waals surface area contributed by atoms with E-state index in [2.05, 4.69) is 34.5 Å². The highest BCUT2D eigenvalue weighted by molar-refractivity contribution is 5.71. The average molecular weight is 395 g/mol. The van der Waals surface area contributed by atoms with E-state index < -0.39 is 0 Å². The van der Waals surface area contributed by atoms with Crippen LogP contribution in [0, 0.1) is 0 Å². The topological polar surface area (TPSA) is 50.8 Å². The van der Waals surface area contributed by atoms with Gasteiger partial charge in [-0.15, -0.1) is 0 Å². The number of hydrogen-bond acceptors (Lipinski definition) is 4. The summed E-state index contributed by atoms with van der Waals surface area (Å²) in [7, 11) is 0. The third-order valence-electron chi connectivity index (χ3n) is 5.76. The number of benzene rings is 2. The van der Waals surface area contributed by atoms with Crippen molar-refractivity contribution in [3.63, 3.8) is 0 Å². The number of anilines is 1. The number of fused-ring (bicyclic) bond motifs is 1. The fraction of sp³-hybridized carbons (Fsp3) is 0.458. The lowest BCUT2D eigenvalue weighted by Gasteiger charge is -2.20. The molecule has 2 heterocycles. The first-order valence-electron chi connectivity index (χ1n) is 10.7. The van der Waals surface area contributed by atoms with Crippen molar-refractivity contribution in [3.8, 4) is 11.5 Å². The molecule has 1 saturated carbocycles. The highest BCUT2D eigenvalue weighted by Crippen LogP contribution is 2.40. The zero-order valence-electron chi connectivity index (χ0n) is 16.9. The summed E-state index contributed by atoms with van der Waals surface area (Å²) < 4.78 is 11.0. The maximum atomic E-state index is 10.1. The van der Waals surface area contributed by atoms with Crippen LogP contribution in [-0.2, 0) is 11.3 Å². The third kappa shape index (κ3) is 5.51. The molecule has 1 aliphatic carbocycles. The van der Waals surface area contributed by atoms with Gasteiger partial charge in [-0.05, 0) is 68.5 Å². The van der Waals surface area contributed by atoms with Crippen LogP contribution >= 0.6 is 0 Å². The minimum absolute atomic E-state index is 0.367. The first-order chi connectivity index (χ1) is 14.3. The van der Waals surface area contributed by atoms with Crippen molar-refractivity contribution in [1.82, 2.24) is 4.90 Å². The Labute approximate surface area is 173 Å². The summed E-state index contributed by atoms with van der Waals surface area (Å²) in [4.78, 5) is 12.6. The SMILES string of the molecule is O=CNc1ccc(C2CC2)cc1.c1cc(CN2CCCCCC2)c2c(c1)OCO2. The molecule has 2 fully saturated rings. The van der Waals surface area contributed by atoms with Crippen molar-refractivity contribution in [1.29, 1.82) is 0 Å². The molecule has 1 amide bonds. The average Bonchev–Trinajstić information content (AvgIpc) is 3.53. The summed E-state index contributed by atoms with van der Waals surface area (Å²) in [6, 6.07) is 14.3. The summed E-state index contributed by atoms with van der Waals surface area (Å²) in [6.07, 6.45) is 8.75. The van der Waals surface area contributed by atoms with E-state index in [1.165, 1.54) is 62.7 Å². The molecule has 0 radical (unpaired) electrons. The van der Waals surface area contributed by atoms with Gasteiger partial charge in [-0.3, -0.25) is 9.69 Å². The second-order valence-electron chi connectivity index (χ2n) is 8.00. The molecule has 0 atom stereocenters. The molecule has 2 aromatic carbocycles. The smallest absolute Gasteiger partial charge is 0.231 e. The van der Waals surface area contributed by atoms with Crippen LogP contribution in [0.3, 0.4) is 0 Å². The van der Waals surface area contributed by atoms with Crippen LogP contribution in [0.25, 0.3) is 0 Å². The van der Waals surface area contributed by atoms with Gasteiger partial charge in [0.1, 0.15) is 0 Å². The number of nitrogens with zero attached hydrogens (tertiary/aromatic N) is 1. The number of rotatable bonds is 5. The number of ether oxygens (including phenoxy) is 2. The lowest BCUT2D eigenvalue weighted by Crippen LogP contribution is -2.24. The quantitative estimate of drug-likeness (QED) is 0.731. The number of carbonyl (C=O) groups is 1. The molecule has 1 saturated heterocycles. The fourth-order valence-electron chi connectivity index (χ4n) is 3.99. The fourth-order valence-corrected chi connectivity index (χ4v) is 3.99. The van der Waals surface area contributed by atoms with E-state index in [0.717, 1.165) is 29.6 Å². The molecule has 154 valence electrons. The molecule has 5 rings (SSSR count). The zero-order chi connectivity index (χ0) is 19.9. The van der Waals surface area contributed by atoms with Gasteiger partial charge in [0, 0.05) is 17.8 Å². The summed E-state index contributed by atoms with van der Waals surface area (Å²) >= 11 is 0. The van der Waals surface area contributed by atoms with Crippen LogP contribution in [-0.4, -0.2) is 31.2 Å². The van der Waals surface area contributed by atoms with Gasteiger partial charge in [0.05, 0.1) is 0 Å². The summed E-state index contributed by atoms with van der Waals surface area (Å²) in [5.41, 5.74) is 3.53. The predicted octanol–water partition coefficient (Wildman–Crippen LogP) is 4.92. The molecule has 5 nitrogen and oxygen atoms in total. The summed E-state index contributed by atoms with van der Waals surface area (Å²) in [5, 5.41) is 2.61. The van der Waals surface area contributed by atoms with Gasteiger partial charge in [-0.2, -0.15) is 0 Å². The van der Waals surface area contributed by atoms with E-state index in [4.69, 9.17) is 9.47 Å². The standard InChI is InChI=1S/C14H19NO2.C10H11NO/c1-2-4-9-15(8-3-1)10-12-6-5-7-13-14(12)17-11-16-13;12-7-11-10-5-3-9(4-6-10)8-1-2-8/h5-7H,1-4,8-11H2;3-8H,1-2H2,(H,11,12). The molecule has 2 aromatic rings. The maximum Gasteiger partial charge on any atom is 0.231 e. The maximum absolute atomic E-state index is 10.1. The molecule has 1 N–H and O–H groups in total. The minimum atomic E-state index is 0.367. The first-order valence-corrected chi connectivity index (χ1v) is 10.7. The van der Waals surface area contributed by atoms with Gasteiger partial charge in [0.2, 0.25) is 13.2 Å². The van der Waals surface area contributed by atoms with Gasteiger partial charge in [0.15, 0.2) is 11.5 Å². The van der Waals surface area contributed by atoms with Crippen molar-refractivity contribution < 1.29 is 14.3 Å². The zero-order valence-corrected chi connectivity index (χ0v) is 16.9. The Morgan fingerprint density at radius 2 is 1.72 bits per heavy atom. The third-order valence-corrected chi connectivity index (χ3v) is 5.76. The van der Waals surface area contributed by atoms with Gasteiger partial charge in [-0.1, -0.05) is 37.1 Å². The highest BCUT2D eigenvalue weighted by Gasteiger charge is 2.22. The van der Waals surface area contributed by atoms with Crippen LogP contribution in [0.4, 0.5) is 5.69 Å². The van der Waals surface area contributed by atoms with E-state index >= 15 is 0 Å². The summed E-state index contributed by atoms with van der Waals surface area (Å²) in [5.74, 6) is 2.64. The number of carbonyl (C=O) groups excluding carboxylic acids is 1. The Morgan fingerprint density at radius 3 is 2.41 bits per heavy atom. The number of likely N-dealkylation sites (tertiary alicyclic amines) is 1. The Balaban J connectivity index is 0.000000150. The molecule has 0 spiro atoms. The van der Waals surface area contributed by atoms with Gasteiger partial charge < -0.3 is 14.8 Å². The van der Waals surface area contributed by atoms with E-state index in [1.807, 2.05) is 18.2 Å². The number of hydrogen-bond donors (Lipinski definition) is 1. The van der Waals surface area contributed by atoms with Gasteiger partial charge >= 0.3 is 0 Å². The molecular formula is C24H30N2O3. The molecule has 3 aliphatic rings. The van der Waals surface area contributed by atoms with Gasteiger partial charge in [0.25, 0.3) is 0 Å². The first kappa shape index (κ1) is 19.8. The Bertz CT molecular complexity index is 794. The highest BCUT2D eigenvalue weighted by atomic mass is 16.7. The predicted molar refractivity (Wildman–Crippen MR) is 114 cm³/mol. The van der Waals surface area contributed by atoms with Crippen LogP contribution in [0.2, 0.25) is 0 Å². The normalized spacial score (nSPS) is 18.3.